The van der Waals surface area contributed by atoms with Gasteiger partial charge >= 0.3 is 12.0 Å². The van der Waals surface area contributed by atoms with Crippen molar-refractivity contribution < 1.29 is 14.7 Å². The standard InChI is InChI=1S/C14H26N2O3/c1-3-10(5-6-13(17)18)7-8-15-14(19)16-12-9-11(12)4-2/h10-12H,3-9H2,1-2H3,(H,17,18)(H2,15,16,19). The van der Waals surface area contributed by atoms with E-state index >= 15 is 0 Å². The predicted octanol–water partition coefficient (Wildman–Crippen LogP) is 2.37. The Labute approximate surface area is 115 Å². The van der Waals surface area contributed by atoms with Gasteiger partial charge in [0, 0.05) is 19.0 Å². The maximum atomic E-state index is 11.6. The molecule has 110 valence electrons. The molecule has 0 radical (unpaired) electrons. The van der Waals surface area contributed by atoms with Gasteiger partial charge in [-0.1, -0.05) is 26.7 Å². The van der Waals surface area contributed by atoms with Gasteiger partial charge in [-0.25, -0.2) is 4.79 Å². The molecule has 2 amide bonds. The van der Waals surface area contributed by atoms with Crippen molar-refractivity contribution in [3.05, 3.63) is 0 Å². The van der Waals surface area contributed by atoms with Crippen molar-refractivity contribution in [2.45, 2.75) is 58.4 Å². The number of hydrogen-bond acceptors (Lipinski definition) is 2. The maximum Gasteiger partial charge on any atom is 0.315 e. The number of carboxylic acids is 1. The highest BCUT2D eigenvalue weighted by molar-refractivity contribution is 5.74. The van der Waals surface area contributed by atoms with Crippen LogP contribution in [0.25, 0.3) is 0 Å². The van der Waals surface area contributed by atoms with Crippen LogP contribution in [0.5, 0.6) is 0 Å². The highest BCUT2D eigenvalue weighted by Gasteiger charge is 2.36. The zero-order chi connectivity index (χ0) is 14.3. The molecule has 0 bridgehead atoms. The first kappa shape index (κ1) is 15.8. The van der Waals surface area contributed by atoms with Crippen LogP contribution in [0.2, 0.25) is 0 Å². The number of carbonyl (C=O) groups excluding carboxylic acids is 1. The average molecular weight is 270 g/mol. The Kier molecular flexibility index (Phi) is 6.67. The highest BCUT2D eigenvalue weighted by atomic mass is 16.4. The minimum Gasteiger partial charge on any atom is -0.481 e. The molecule has 1 aliphatic carbocycles. The molecule has 0 spiro atoms. The molecule has 0 aromatic rings. The van der Waals surface area contributed by atoms with E-state index in [1.807, 2.05) is 0 Å². The van der Waals surface area contributed by atoms with Crippen LogP contribution in [0.3, 0.4) is 0 Å². The van der Waals surface area contributed by atoms with Crippen LogP contribution in [0.15, 0.2) is 0 Å². The SMILES string of the molecule is CCC(CCNC(=O)NC1CC1CC)CCC(=O)O. The molecular formula is C14H26N2O3. The number of nitrogens with one attached hydrogen (secondary N) is 2. The van der Waals surface area contributed by atoms with E-state index in [-0.39, 0.29) is 12.5 Å². The Balaban J connectivity index is 2.07. The van der Waals surface area contributed by atoms with E-state index in [1.54, 1.807) is 0 Å². The smallest absolute Gasteiger partial charge is 0.315 e. The Bertz CT molecular complexity index is 307. The second kappa shape index (κ2) is 8.02. The van der Waals surface area contributed by atoms with Gasteiger partial charge in [-0.3, -0.25) is 4.79 Å². The van der Waals surface area contributed by atoms with Gasteiger partial charge in [-0.15, -0.1) is 0 Å². The topological polar surface area (TPSA) is 78.4 Å². The van der Waals surface area contributed by atoms with Crippen LogP contribution >= 0.6 is 0 Å². The van der Waals surface area contributed by atoms with E-state index in [1.165, 1.54) is 0 Å². The van der Waals surface area contributed by atoms with E-state index in [9.17, 15) is 9.59 Å². The first-order chi connectivity index (χ1) is 9.06. The summed E-state index contributed by atoms with van der Waals surface area (Å²) in [5.74, 6) is 0.286. The molecule has 0 aromatic heterocycles. The molecule has 0 heterocycles. The van der Waals surface area contributed by atoms with Crippen LogP contribution < -0.4 is 10.6 Å². The van der Waals surface area contributed by atoms with Crippen molar-refractivity contribution >= 4 is 12.0 Å². The van der Waals surface area contributed by atoms with Gasteiger partial charge in [0.1, 0.15) is 0 Å². The van der Waals surface area contributed by atoms with Crippen molar-refractivity contribution in [2.75, 3.05) is 6.54 Å². The van der Waals surface area contributed by atoms with E-state index < -0.39 is 5.97 Å². The molecule has 5 heteroatoms. The molecule has 0 saturated heterocycles. The van der Waals surface area contributed by atoms with Crippen molar-refractivity contribution in [3.63, 3.8) is 0 Å². The highest BCUT2D eigenvalue weighted by Crippen LogP contribution is 2.32. The molecule has 5 nitrogen and oxygen atoms in total. The third kappa shape index (κ3) is 6.45. The van der Waals surface area contributed by atoms with Crippen molar-refractivity contribution in [2.24, 2.45) is 11.8 Å². The second-order valence-electron chi connectivity index (χ2n) is 5.41. The minimum atomic E-state index is -0.747. The van der Waals surface area contributed by atoms with E-state index in [4.69, 9.17) is 5.11 Å². The summed E-state index contributed by atoms with van der Waals surface area (Å²) in [6.07, 6.45) is 4.93. The van der Waals surface area contributed by atoms with Gasteiger partial charge in [0.15, 0.2) is 0 Å². The molecule has 1 fully saturated rings. The lowest BCUT2D eigenvalue weighted by atomic mass is 9.97. The number of rotatable bonds is 9. The van der Waals surface area contributed by atoms with Crippen LogP contribution in [0.1, 0.15) is 52.4 Å². The Morgan fingerprint density at radius 2 is 2.05 bits per heavy atom. The lowest BCUT2D eigenvalue weighted by molar-refractivity contribution is -0.137. The van der Waals surface area contributed by atoms with Gasteiger partial charge in [0.2, 0.25) is 0 Å². The van der Waals surface area contributed by atoms with E-state index in [0.29, 0.717) is 30.8 Å². The first-order valence-electron chi connectivity index (χ1n) is 7.32. The summed E-state index contributed by atoms with van der Waals surface area (Å²) in [5.41, 5.74) is 0. The molecule has 1 rings (SSSR count). The third-order valence-electron chi connectivity index (χ3n) is 3.95. The van der Waals surface area contributed by atoms with Gasteiger partial charge in [-0.05, 0) is 31.1 Å². The molecule has 3 unspecified atom stereocenters. The maximum absolute atomic E-state index is 11.6. The fraction of sp³-hybridized carbons (Fsp3) is 0.857. The predicted molar refractivity (Wildman–Crippen MR) is 74.0 cm³/mol. The molecule has 0 aliphatic heterocycles. The molecular weight excluding hydrogens is 244 g/mol. The number of urea groups is 1. The number of carbonyl (C=O) groups is 2. The summed E-state index contributed by atoms with van der Waals surface area (Å²) in [7, 11) is 0. The quantitative estimate of drug-likeness (QED) is 0.602. The summed E-state index contributed by atoms with van der Waals surface area (Å²) in [4.78, 5) is 22.1. The van der Waals surface area contributed by atoms with Crippen molar-refractivity contribution in [1.82, 2.24) is 10.6 Å². The number of aliphatic carboxylic acids is 1. The van der Waals surface area contributed by atoms with Gasteiger partial charge in [0.05, 0.1) is 0 Å². The Morgan fingerprint density at radius 3 is 2.58 bits per heavy atom. The summed E-state index contributed by atoms with van der Waals surface area (Å²) in [6.45, 7) is 4.81. The molecule has 1 aliphatic rings. The molecule has 0 aromatic carbocycles. The summed E-state index contributed by atoms with van der Waals surface area (Å²) >= 11 is 0. The summed E-state index contributed by atoms with van der Waals surface area (Å²) in [5, 5.41) is 14.5. The Morgan fingerprint density at radius 1 is 1.32 bits per heavy atom. The Hall–Kier alpha value is -1.26. The summed E-state index contributed by atoms with van der Waals surface area (Å²) < 4.78 is 0. The normalized spacial score (nSPS) is 22.6. The van der Waals surface area contributed by atoms with Gasteiger partial charge in [0.25, 0.3) is 0 Å². The van der Waals surface area contributed by atoms with Crippen LogP contribution in [-0.4, -0.2) is 29.7 Å². The zero-order valence-electron chi connectivity index (χ0n) is 11.9. The zero-order valence-corrected chi connectivity index (χ0v) is 11.9. The second-order valence-corrected chi connectivity index (χ2v) is 5.41. The van der Waals surface area contributed by atoms with Gasteiger partial charge in [-0.2, -0.15) is 0 Å². The van der Waals surface area contributed by atoms with Crippen LogP contribution in [0.4, 0.5) is 4.79 Å². The monoisotopic (exact) mass is 270 g/mol. The lowest BCUT2D eigenvalue weighted by Crippen LogP contribution is -2.38. The molecule has 3 N–H and O–H groups in total. The summed E-state index contributed by atoms with van der Waals surface area (Å²) in [6, 6.07) is 0.271. The minimum absolute atomic E-state index is 0.0889. The van der Waals surface area contributed by atoms with Crippen LogP contribution in [0, 0.1) is 11.8 Å². The third-order valence-corrected chi connectivity index (χ3v) is 3.95. The lowest BCUT2D eigenvalue weighted by Gasteiger charge is -2.14. The molecule has 3 atom stereocenters. The fourth-order valence-corrected chi connectivity index (χ4v) is 2.36. The largest absolute Gasteiger partial charge is 0.481 e. The number of hydrogen-bond donors (Lipinski definition) is 3. The molecule has 19 heavy (non-hydrogen) atoms. The van der Waals surface area contributed by atoms with Gasteiger partial charge < -0.3 is 15.7 Å². The van der Waals surface area contributed by atoms with E-state index in [0.717, 1.165) is 25.7 Å². The van der Waals surface area contributed by atoms with Crippen LogP contribution in [-0.2, 0) is 4.79 Å². The van der Waals surface area contributed by atoms with E-state index in [2.05, 4.69) is 24.5 Å². The first-order valence-corrected chi connectivity index (χ1v) is 7.32. The number of amides is 2. The average Bonchev–Trinajstić information content (AvgIpc) is 3.11. The molecule has 1 saturated carbocycles. The number of carboxylic acid groups (broad SMARTS) is 1. The van der Waals surface area contributed by atoms with Crippen molar-refractivity contribution in [1.29, 1.82) is 0 Å². The fourth-order valence-electron chi connectivity index (χ4n) is 2.36. The van der Waals surface area contributed by atoms with Crippen molar-refractivity contribution in [3.8, 4) is 0 Å².